The van der Waals surface area contributed by atoms with E-state index < -0.39 is 12.1 Å². The Morgan fingerprint density at radius 3 is 2.16 bits per heavy atom. The SMILES string of the molecule is CCCCCCCOc1ccc(C(=O)NC2CCC(Nc3nc(N(C)C)c4ccccc4n3)CC2)cc1.O=C(O)C(F)(F)F. The molecule has 1 fully saturated rings. The fraction of sp³-hybridized carbons (Fsp3) is 0.500. The van der Waals surface area contributed by atoms with Gasteiger partial charge in [0, 0.05) is 37.1 Å². The Morgan fingerprint density at radius 2 is 1.55 bits per heavy atom. The fourth-order valence-electron chi connectivity index (χ4n) is 4.90. The molecule has 240 valence electrons. The summed E-state index contributed by atoms with van der Waals surface area (Å²) in [7, 11) is 4.01. The highest BCUT2D eigenvalue weighted by Crippen LogP contribution is 2.26. The normalized spacial score (nSPS) is 16.4. The van der Waals surface area contributed by atoms with Crippen molar-refractivity contribution in [2.75, 3.05) is 30.9 Å². The number of rotatable bonds is 12. The zero-order valence-electron chi connectivity index (χ0n) is 25.5. The molecule has 1 amide bonds. The van der Waals surface area contributed by atoms with Gasteiger partial charge in [-0.15, -0.1) is 0 Å². The van der Waals surface area contributed by atoms with E-state index in [2.05, 4.69) is 23.6 Å². The van der Waals surface area contributed by atoms with Gasteiger partial charge in [0.25, 0.3) is 5.91 Å². The Morgan fingerprint density at radius 1 is 0.932 bits per heavy atom. The van der Waals surface area contributed by atoms with Crippen LogP contribution in [0.4, 0.5) is 24.9 Å². The van der Waals surface area contributed by atoms with Crippen LogP contribution in [-0.4, -0.2) is 65.9 Å². The number of carboxylic acid groups (broad SMARTS) is 1. The third-order valence-electron chi connectivity index (χ3n) is 7.28. The van der Waals surface area contributed by atoms with Crippen LogP contribution >= 0.6 is 0 Å². The second-order valence-corrected chi connectivity index (χ2v) is 11.0. The van der Waals surface area contributed by atoms with Crippen molar-refractivity contribution in [1.29, 1.82) is 0 Å². The third-order valence-corrected chi connectivity index (χ3v) is 7.28. The first-order valence-corrected chi connectivity index (χ1v) is 15.0. The molecule has 1 heterocycles. The van der Waals surface area contributed by atoms with Crippen molar-refractivity contribution in [2.45, 2.75) is 83.0 Å². The summed E-state index contributed by atoms with van der Waals surface area (Å²) >= 11 is 0. The summed E-state index contributed by atoms with van der Waals surface area (Å²) in [6, 6.07) is 16.1. The predicted molar refractivity (Wildman–Crippen MR) is 165 cm³/mol. The summed E-state index contributed by atoms with van der Waals surface area (Å²) in [6.07, 6.45) is 4.79. The van der Waals surface area contributed by atoms with Crippen LogP contribution in [0, 0.1) is 0 Å². The Balaban J connectivity index is 0.000000676. The van der Waals surface area contributed by atoms with Gasteiger partial charge in [0.05, 0.1) is 12.1 Å². The quantitative estimate of drug-likeness (QED) is 0.189. The number of carbonyl (C=O) groups excluding carboxylic acids is 1. The maximum absolute atomic E-state index is 12.8. The van der Waals surface area contributed by atoms with Crippen molar-refractivity contribution in [3.8, 4) is 5.75 Å². The Kier molecular flexibility index (Phi) is 13.0. The van der Waals surface area contributed by atoms with Crippen LogP contribution in [0.15, 0.2) is 48.5 Å². The average Bonchev–Trinajstić information content (AvgIpc) is 2.99. The van der Waals surface area contributed by atoms with Gasteiger partial charge in [-0.05, 0) is 68.5 Å². The molecule has 0 unspecified atom stereocenters. The first-order chi connectivity index (χ1) is 21.0. The number of unbranched alkanes of at least 4 members (excludes halogenated alkanes) is 4. The number of nitrogens with zero attached hydrogens (tertiary/aromatic N) is 3. The van der Waals surface area contributed by atoms with Gasteiger partial charge >= 0.3 is 12.1 Å². The monoisotopic (exact) mass is 617 g/mol. The molecule has 0 atom stereocenters. The first kappa shape index (κ1) is 34.4. The number of benzene rings is 2. The number of amides is 1. The summed E-state index contributed by atoms with van der Waals surface area (Å²) < 4.78 is 37.6. The zero-order valence-corrected chi connectivity index (χ0v) is 25.5. The van der Waals surface area contributed by atoms with Crippen molar-refractivity contribution in [1.82, 2.24) is 15.3 Å². The van der Waals surface area contributed by atoms with Crippen LogP contribution < -0.4 is 20.3 Å². The maximum Gasteiger partial charge on any atom is 0.490 e. The van der Waals surface area contributed by atoms with E-state index in [4.69, 9.17) is 24.6 Å². The van der Waals surface area contributed by atoms with Gasteiger partial charge in [-0.3, -0.25) is 4.79 Å². The number of hydrogen-bond acceptors (Lipinski definition) is 7. The van der Waals surface area contributed by atoms with Crippen LogP contribution in [-0.2, 0) is 4.79 Å². The number of fused-ring (bicyclic) bond motifs is 1. The Hall–Kier alpha value is -4.09. The van der Waals surface area contributed by atoms with E-state index in [0.717, 1.165) is 61.2 Å². The minimum atomic E-state index is -5.08. The molecule has 0 saturated heterocycles. The first-order valence-electron chi connectivity index (χ1n) is 15.0. The summed E-state index contributed by atoms with van der Waals surface area (Å²) in [5.41, 5.74) is 1.62. The number of para-hydroxylation sites is 1. The standard InChI is InChI=1S/C30H41N5O2.C2HF3O2/c1-4-5-6-7-10-21-37-25-19-13-22(14-20-25)29(36)31-23-15-17-24(18-16-23)32-30-33-27-12-9-8-11-26(27)28(34-30)35(2)3;3-2(4,5)1(6)7/h8-9,11-14,19-20,23-24H,4-7,10,15-18,21H2,1-3H3,(H,31,36)(H,32,33,34);(H,6,7). The topological polar surface area (TPSA) is 117 Å². The van der Waals surface area contributed by atoms with Crippen LogP contribution in [0.2, 0.25) is 0 Å². The van der Waals surface area contributed by atoms with E-state index in [9.17, 15) is 18.0 Å². The molecule has 0 spiro atoms. The molecule has 3 N–H and O–H groups in total. The van der Waals surface area contributed by atoms with Crippen LogP contribution in [0.5, 0.6) is 5.75 Å². The molecule has 1 aliphatic rings. The molecule has 2 aromatic carbocycles. The molecule has 4 rings (SSSR count). The molecule has 1 aromatic heterocycles. The predicted octanol–water partition coefficient (Wildman–Crippen LogP) is 6.83. The van der Waals surface area contributed by atoms with E-state index >= 15 is 0 Å². The zero-order chi connectivity index (χ0) is 32.1. The lowest BCUT2D eigenvalue weighted by Gasteiger charge is -2.30. The number of nitrogens with one attached hydrogen (secondary N) is 2. The second-order valence-electron chi connectivity index (χ2n) is 11.0. The molecule has 9 nitrogen and oxygen atoms in total. The highest BCUT2D eigenvalue weighted by Gasteiger charge is 2.38. The fourth-order valence-corrected chi connectivity index (χ4v) is 4.90. The molecule has 3 aromatic rings. The van der Waals surface area contributed by atoms with Crippen molar-refractivity contribution in [3.63, 3.8) is 0 Å². The molecule has 0 aliphatic heterocycles. The third kappa shape index (κ3) is 10.9. The number of hydrogen-bond donors (Lipinski definition) is 3. The lowest BCUT2D eigenvalue weighted by Crippen LogP contribution is -2.40. The van der Waals surface area contributed by atoms with Crippen molar-refractivity contribution in [3.05, 3.63) is 54.1 Å². The number of ether oxygens (including phenoxy) is 1. The molecule has 0 radical (unpaired) electrons. The number of carbonyl (C=O) groups is 2. The van der Waals surface area contributed by atoms with Gasteiger partial charge in [-0.2, -0.15) is 18.2 Å². The van der Waals surface area contributed by atoms with Gasteiger partial charge in [-0.1, -0.05) is 44.7 Å². The highest BCUT2D eigenvalue weighted by atomic mass is 19.4. The number of halogens is 3. The van der Waals surface area contributed by atoms with Crippen LogP contribution in [0.25, 0.3) is 10.9 Å². The summed E-state index contributed by atoms with van der Waals surface area (Å²) in [5, 5.41) is 14.9. The average molecular weight is 618 g/mol. The van der Waals surface area contributed by atoms with Crippen molar-refractivity contribution < 1.29 is 32.6 Å². The number of carboxylic acids is 1. The molecule has 12 heteroatoms. The number of aromatic nitrogens is 2. The van der Waals surface area contributed by atoms with Crippen LogP contribution in [0.3, 0.4) is 0 Å². The van der Waals surface area contributed by atoms with E-state index in [0.29, 0.717) is 17.6 Å². The molecule has 44 heavy (non-hydrogen) atoms. The largest absolute Gasteiger partial charge is 0.494 e. The van der Waals surface area contributed by atoms with Gasteiger partial charge < -0.3 is 25.4 Å². The van der Waals surface area contributed by atoms with E-state index in [1.54, 1.807) is 0 Å². The molecular formula is C32H42F3N5O4. The van der Waals surface area contributed by atoms with Gasteiger partial charge in [0.1, 0.15) is 11.6 Å². The summed E-state index contributed by atoms with van der Waals surface area (Å²) in [4.78, 5) is 33.2. The lowest BCUT2D eigenvalue weighted by molar-refractivity contribution is -0.192. The summed E-state index contributed by atoms with van der Waals surface area (Å²) in [6.45, 7) is 2.95. The minimum Gasteiger partial charge on any atom is -0.494 e. The van der Waals surface area contributed by atoms with E-state index in [-0.39, 0.29) is 11.9 Å². The van der Waals surface area contributed by atoms with Crippen molar-refractivity contribution in [2.24, 2.45) is 0 Å². The number of anilines is 2. The van der Waals surface area contributed by atoms with Crippen LogP contribution in [0.1, 0.15) is 75.1 Å². The number of alkyl halides is 3. The van der Waals surface area contributed by atoms with Gasteiger partial charge in [0.15, 0.2) is 0 Å². The summed E-state index contributed by atoms with van der Waals surface area (Å²) in [5.74, 6) is -0.369. The molecular weight excluding hydrogens is 575 g/mol. The highest BCUT2D eigenvalue weighted by molar-refractivity contribution is 5.94. The lowest BCUT2D eigenvalue weighted by atomic mass is 9.91. The number of aliphatic carboxylic acids is 1. The maximum atomic E-state index is 12.8. The Bertz CT molecular complexity index is 1340. The molecule has 1 aliphatic carbocycles. The minimum absolute atomic E-state index is 0.0176. The van der Waals surface area contributed by atoms with Gasteiger partial charge in [-0.25, -0.2) is 9.78 Å². The molecule has 0 bridgehead atoms. The van der Waals surface area contributed by atoms with E-state index in [1.165, 1.54) is 25.7 Å². The van der Waals surface area contributed by atoms with Gasteiger partial charge in [0.2, 0.25) is 5.95 Å². The smallest absolute Gasteiger partial charge is 0.490 e. The van der Waals surface area contributed by atoms with E-state index in [1.807, 2.05) is 61.5 Å². The molecule has 1 saturated carbocycles. The second kappa shape index (κ2) is 16.7. The Labute approximate surface area is 256 Å². The van der Waals surface area contributed by atoms with Crippen molar-refractivity contribution >= 4 is 34.5 Å².